The molecule has 2 saturated heterocycles. The van der Waals surface area contributed by atoms with Crippen molar-refractivity contribution in [1.82, 2.24) is 14.9 Å². The lowest BCUT2D eigenvalue weighted by Gasteiger charge is -2.39. The molecule has 0 bridgehead atoms. The molecule has 2 atom stereocenters. The van der Waals surface area contributed by atoms with Crippen LogP contribution in [0.25, 0.3) is 17.2 Å². The normalized spacial score (nSPS) is 18.2. The zero-order valence-corrected chi connectivity index (χ0v) is 32.0. The number of carbonyl (C=O) groups is 2. The Morgan fingerprint density at radius 1 is 1.07 bits per heavy atom. The first-order valence-electron chi connectivity index (χ1n) is 17.6. The summed E-state index contributed by atoms with van der Waals surface area (Å²) in [6.45, 7) is 9.92. The Balaban J connectivity index is 1.42. The first-order valence-corrected chi connectivity index (χ1v) is 19.5. The molecular formula is C38H46F3N5O7S. The molecule has 2 aliphatic rings. The maximum Gasteiger partial charge on any atom is 0.429 e. The van der Waals surface area contributed by atoms with E-state index in [1.165, 1.54) is 47.4 Å². The lowest BCUT2D eigenvalue weighted by atomic mass is 9.76. The maximum absolute atomic E-state index is 15.0. The smallest absolute Gasteiger partial charge is 0.429 e. The van der Waals surface area contributed by atoms with E-state index in [2.05, 4.69) is 9.97 Å². The van der Waals surface area contributed by atoms with E-state index in [0.717, 1.165) is 6.26 Å². The molecule has 0 aliphatic carbocycles. The summed E-state index contributed by atoms with van der Waals surface area (Å²) >= 11 is 0. The first kappa shape index (κ1) is 40.3. The first-order chi connectivity index (χ1) is 25.2. The highest BCUT2D eigenvalue weighted by molar-refractivity contribution is 7.90. The predicted octanol–water partition coefficient (Wildman–Crippen LogP) is 7.00. The van der Waals surface area contributed by atoms with Crippen LogP contribution >= 0.6 is 0 Å². The summed E-state index contributed by atoms with van der Waals surface area (Å²) in [5, 5.41) is 0. The monoisotopic (exact) mass is 773 g/mol. The lowest BCUT2D eigenvalue weighted by molar-refractivity contribution is -0.198. The highest BCUT2D eigenvalue weighted by atomic mass is 32.2. The molecule has 3 aromatic rings. The molecule has 1 unspecified atom stereocenters. The van der Waals surface area contributed by atoms with Gasteiger partial charge >= 0.3 is 18.2 Å². The van der Waals surface area contributed by atoms with Gasteiger partial charge in [0.05, 0.1) is 11.5 Å². The second-order valence-corrected chi connectivity index (χ2v) is 16.7. The van der Waals surface area contributed by atoms with Crippen LogP contribution in [0.5, 0.6) is 5.88 Å². The van der Waals surface area contributed by atoms with E-state index in [1.807, 2.05) is 4.90 Å². The molecule has 2 aliphatic heterocycles. The second kappa shape index (κ2) is 15.5. The van der Waals surface area contributed by atoms with Gasteiger partial charge in [-0.15, -0.1) is 0 Å². The van der Waals surface area contributed by atoms with Crippen LogP contribution in [0.1, 0.15) is 71.1 Å². The number of anilines is 2. The Morgan fingerprint density at radius 2 is 1.78 bits per heavy atom. The van der Waals surface area contributed by atoms with Crippen molar-refractivity contribution in [1.29, 1.82) is 0 Å². The minimum Gasteiger partial charge on any atom is -0.464 e. The molecular weight excluding hydrogens is 728 g/mol. The summed E-state index contributed by atoms with van der Waals surface area (Å²) in [6, 6.07) is 10.6. The lowest BCUT2D eigenvalue weighted by Crippen LogP contribution is -2.45. The van der Waals surface area contributed by atoms with Gasteiger partial charge in [-0.3, -0.25) is 4.90 Å². The molecule has 3 heterocycles. The molecule has 2 fully saturated rings. The topological polar surface area (TPSA) is 154 Å². The highest BCUT2D eigenvalue weighted by Crippen LogP contribution is 2.46. The molecule has 1 aromatic heterocycles. The summed E-state index contributed by atoms with van der Waals surface area (Å²) in [6.07, 6.45) is -2.14. The number of esters is 1. The van der Waals surface area contributed by atoms with Gasteiger partial charge in [0.15, 0.2) is 9.84 Å². The van der Waals surface area contributed by atoms with E-state index in [9.17, 15) is 31.2 Å². The van der Waals surface area contributed by atoms with Gasteiger partial charge < -0.3 is 24.8 Å². The van der Waals surface area contributed by atoms with Gasteiger partial charge in [-0.05, 0) is 94.2 Å². The Labute approximate surface area is 313 Å². The molecule has 54 heavy (non-hydrogen) atoms. The van der Waals surface area contributed by atoms with Gasteiger partial charge in [0.1, 0.15) is 17.5 Å². The van der Waals surface area contributed by atoms with Crippen molar-refractivity contribution >= 4 is 39.7 Å². The van der Waals surface area contributed by atoms with Crippen LogP contribution in [0.2, 0.25) is 0 Å². The molecule has 2 N–H and O–H groups in total. The number of nitrogens with two attached hydrogens (primary N) is 1. The van der Waals surface area contributed by atoms with Gasteiger partial charge in [0.25, 0.3) is 0 Å². The minimum absolute atomic E-state index is 0.0463. The maximum atomic E-state index is 15.0. The zero-order valence-electron chi connectivity index (χ0n) is 31.1. The summed E-state index contributed by atoms with van der Waals surface area (Å²) < 4.78 is 86.1. The number of benzene rings is 2. The third kappa shape index (κ3) is 9.43. The molecule has 2 aromatic carbocycles. The summed E-state index contributed by atoms with van der Waals surface area (Å²) in [4.78, 5) is 37.6. The summed E-state index contributed by atoms with van der Waals surface area (Å²) in [5.41, 5.74) is 5.55. The highest BCUT2D eigenvalue weighted by Gasteiger charge is 2.51. The fourth-order valence-corrected chi connectivity index (χ4v) is 7.58. The summed E-state index contributed by atoms with van der Waals surface area (Å²) in [7, 11) is -3.66. The van der Waals surface area contributed by atoms with E-state index in [-0.39, 0.29) is 46.5 Å². The van der Waals surface area contributed by atoms with Crippen LogP contribution in [0.15, 0.2) is 59.5 Å². The molecule has 1 amide bonds. The van der Waals surface area contributed by atoms with Gasteiger partial charge in [0.2, 0.25) is 17.9 Å². The standard InChI is InChI=1S/C38H46F3N5O7S/c1-7-10-24-13-14-27(28(19-24)25-11-9-12-26(20-25)54(6,49)50)32(38(39,40)41)52-31-21-30(43-34(42)44-31)45-17-15-37(16-18-45)22-29(33(47)51-8-2)46(23-37)35(48)53-36(3,4)5/h7,9-14,19-21,29,32H,8,15-18,22-23H2,1-6H3,(H2,42,43,44)/t29?,32-/m1/s1. The Morgan fingerprint density at radius 3 is 2.39 bits per heavy atom. The van der Waals surface area contributed by atoms with Crippen molar-refractivity contribution < 1.29 is 45.4 Å². The van der Waals surface area contributed by atoms with Gasteiger partial charge in [0, 0.05) is 37.5 Å². The minimum atomic E-state index is -4.93. The molecule has 5 rings (SSSR count). The largest absolute Gasteiger partial charge is 0.464 e. The number of likely N-dealkylation sites (tertiary alicyclic amines) is 1. The van der Waals surface area contributed by atoms with Gasteiger partial charge in [-0.1, -0.05) is 36.4 Å². The number of alkyl halides is 3. The van der Waals surface area contributed by atoms with Crippen LogP contribution < -0.4 is 15.4 Å². The zero-order chi connectivity index (χ0) is 39.6. The van der Waals surface area contributed by atoms with E-state index >= 15 is 0 Å². The Bertz CT molecular complexity index is 2010. The number of halogens is 3. The average Bonchev–Trinajstić information content (AvgIpc) is 3.45. The van der Waals surface area contributed by atoms with E-state index in [4.69, 9.17) is 19.9 Å². The number of rotatable bonds is 9. The number of ether oxygens (including phenoxy) is 3. The number of nitrogens with zero attached hydrogens (tertiary/aromatic N) is 4. The van der Waals surface area contributed by atoms with Crippen LogP contribution in [-0.4, -0.2) is 85.7 Å². The Kier molecular flexibility index (Phi) is 11.6. The molecule has 1 spiro atoms. The second-order valence-electron chi connectivity index (χ2n) is 14.7. The summed E-state index contributed by atoms with van der Waals surface area (Å²) in [5.74, 6) is -0.961. The number of piperidine rings is 1. The van der Waals surface area contributed by atoms with Crippen LogP contribution in [0.4, 0.5) is 29.7 Å². The fourth-order valence-electron chi connectivity index (χ4n) is 6.91. The van der Waals surface area contributed by atoms with Crippen molar-refractivity contribution in [2.75, 3.05) is 43.1 Å². The SMILES string of the molecule is CC=Cc1ccc([C@@H](Oc2cc(N3CCC4(CC3)CC(C(=O)OCC)N(C(=O)OC(C)(C)C)C4)nc(N)n2)C(F)(F)F)c(-c2cccc(S(C)(=O)=O)c2)c1. The quantitative estimate of drug-likeness (QED) is 0.224. The number of carbonyl (C=O) groups excluding carboxylic acids is 2. The third-order valence-corrected chi connectivity index (χ3v) is 10.5. The molecule has 0 saturated carbocycles. The van der Waals surface area contributed by atoms with E-state index < -0.39 is 57.1 Å². The number of hydrogen-bond donors (Lipinski definition) is 1. The van der Waals surface area contributed by atoms with Crippen molar-refractivity contribution in [3.8, 4) is 17.0 Å². The van der Waals surface area contributed by atoms with E-state index in [0.29, 0.717) is 37.9 Å². The molecule has 16 heteroatoms. The third-order valence-electron chi connectivity index (χ3n) is 9.38. The van der Waals surface area contributed by atoms with Crippen LogP contribution in [0, 0.1) is 5.41 Å². The Hall–Kier alpha value is -4.86. The number of amides is 1. The molecule has 12 nitrogen and oxygen atoms in total. The number of allylic oxidation sites excluding steroid dienone is 1. The average molecular weight is 774 g/mol. The fraction of sp³-hybridized carbons (Fsp3) is 0.474. The van der Waals surface area contributed by atoms with Crippen molar-refractivity contribution in [2.45, 2.75) is 82.7 Å². The number of hydrogen-bond acceptors (Lipinski definition) is 11. The van der Waals surface area contributed by atoms with Gasteiger partial charge in [-0.25, -0.2) is 18.0 Å². The number of nitrogen functional groups attached to an aromatic ring is 1. The van der Waals surface area contributed by atoms with Crippen molar-refractivity contribution in [3.05, 3.63) is 65.7 Å². The van der Waals surface area contributed by atoms with Gasteiger partial charge in [-0.2, -0.15) is 23.1 Å². The number of sulfone groups is 1. The molecule has 0 radical (unpaired) electrons. The van der Waals surface area contributed by atoms with Crippen molar-refractivity contribution in [3.63, 3.8) is 0 Å². The van der Waals surface area contributed by atoms with Crippen LogP contribution in [-0.2, 0) is 24.1 Å². The van der Waals surface area contributed by atoms with E-state index in [1.54, 1.807) is 52.8 Å². The number of aromatic nitrogens is 2. The molecule has 292 valence electrons. The predicted molar refractivity (Wildman–Crippen MR) is 197 cm³/mol. The van der Waals surface area contributed by atoms with Crippen molar-refractivity contribution in [2.24, 2.45) is 5.41 Å². The van der Waals surface area contributed by atoms with Crippen LogP contribution in [0.3, 0.4) is 0 Å².